The van der Waals surface area contributed by atoms with Crippen molar-refractivity contribution in [3.05, 3.63) is 66.0 Å². The van der Waals surface area contributed by atoms with E-state index in [-0.39, 0.29) is 12.5 Å². The molecule has 0 radical (unpaired) electrons. The molecule has 1 aromatic heterocycles. The SMILES string of the molecule is COC(=O)C(CN)(Cc1ccccn1)c1ccccc1. The number of hydrogen-bond donors (Lipinski definition) is 1. The van der Waals surface area contributed by atoms with E-state index in [2.05, 4.69) is 4.98 Å². The van der Waals surface area contributed by atoms with Crippen molar-refractivity contribution in [2.45, 2.75) is 11.8 Å². The molecule has 0 fully saturated rings. The number of benzene rings is 1. The van der Waals surface area contributed by atoms with Crippen LogP contribution in [-0.2, 0) is 21.4 Å². The van der Waals surface area contributed by atoms with Crippen LogP contribution in [0.5, 0.6) is 0 Å². The Kier molecular flexibility index (Phi) is 4.48. The van der Waals surface area contributed by atoms with Crippen LogP contribution in [0.4, 0.5) is 0 Å². The van der Waals surface area contributed by atoms with Gasteiger partial charge in [0.2, 0.25) is 0 Å². The molecule has 1 aromatic carbocycles. The van der Waals surface area contributed by atoms with Gasteiger partial charge in [-0.3, -0.25) is 9.78 Å². The highest BCUT2D eigenvalue weighted by molar-refractivity contribution is 5.84. The molecule has 20 heavy (non-hydrogen) atoms. The third kappa shape index (κ3) is 2.70. The fourth-order valence-corrected chi connectivity index (χ4v) is 2.33. The first kappa shape index (κ1) is 14.2. The molecule has 0 saturated carbocycles. The summed E-state index contributed by atoms with van der Waals surface area (Å²) in [5.74, 6) is -0.336. The van der Waals surface area contributed by atoms with Crippen LogP contribution < -0.4 is 5.73 Å². The van der Waals surface area contributed by atoms with E-state index in [0.29, 0.717) is 6.42 Å². The Morgan fingerprint density at radius 2 is 1.90 bits per heavy atom. The maximum absolute atomic E-state index is 12.3. The van der Waals surface area contributed by atoms with Crippen molar-refractivity contribution in [3.63, 3.8) is 0 Å². The average molecular weight is 270 g/mol. The number of rotatable bonds is 5. The quantitative estimate of drug-likeness (QED) is 0.840. The Morgan fingerprint density at radius 1 is 1.20 bits per heavy atom. The Hall–Kier alpha value is -2.20. The van der Waals surface area contributed by atoms with Crippen molar-refractivity contribution in [1.82, 2.24) is 4.98 Å². The standard InChI is InChI=1S/C16H18N2O2/c1-20-15(19)16(12-17,13-7-3-2-4-8-13)11-14-9-5-6-10-18-14/h2-10H,11-12,17H2,1H3. The van der Waals surface area contributed by atoms with Crippen LogP contribution >= 0.6 is 0 Å². The lowest BCUT2D eigenvalue weighted by molar-refractivity contribution is -0.147. The third-order valence-electron chi connectivity index (χ3n) is 3.46. The van der Waals surface area contributed by atoms with E-state index in [1.165, 1.54) is 7.11 Å². The van der Waals surface area contributed by atoms with Crippen LogP contribution in [-0.4, -0.2) is 24.6 Å². The molecule has 1 heterocycles. The predicted octanol–water partition coefficient (Wildman–Crippen LogP) is 1.69. The fourth-order valence-electron chi connectivity index (χ4n) is 2.33. The van der Waals surface area contributed by atoms with Gasteiger partial charge in [0.05, 0.1) is 7.11 Å². The minimum Gasteiger partial charge on any atom is -0.468 e. The predicted molar refractivity (Wildman–Crippen MR) is 77.1 cm³/mol. The highest BCUT2D eigenvalue weighted by Gasteiger charge is 2.40. The summed E-state index contributed by atoms with van der Waals surface area (Å²) in [4.78, 5) is 16.6. The molecule has 0 aliphatic carbocycles. The summed E-state index contributed by atoms with van der Waals surface area (Å²) < 4.78 is 4.99. The Morgan fingerprint density at radius 3 is 2.45 bits per heavy atom. The van der Waals surface area contributed by atoms with Crippen LogP contribution in [0.1, 0.15) is 11.3 Å². The largest absolute Gasteiger partial charge is 0.468 e. The van der Waals surface area contributed by atoms with Crippen molar-refractivity contribution in [1.29, 1.82) is 0 Å². The van der Waals surface area contributed by atoms with Gasteiger partial charge in [-0.1, -0.05) is 36.4 Å². The molecule has 4 heteroatoms. The molecule has 0 aliphatic heterocycles. The second kappa shape index (κ2) is 6.30. The van der Waals surface area contributed by atoms with E-state index < -0.39 is 5.41 Å². The molecular weight excluding hydrogens is 252 g/mol. The van der Waals surface area contributed by atoms with Crippen LogP contribution in [0.25, 0.3) is 0 Å². The van der Waals surface area contributed by atoms with E-state index >= 15 is 0 Å². The van der Waals surface area contributed by atoms with Crippen LogP contribution in [0.15, 0.2) is 54.7 Å². The van der Waals surface area contributed by atoms with Gasteiger partial charge in [-0.05, 0) is 17.7 Å². The van der Waals surface area contributed by atoms with Gasteiger partial charge in [0.1, 0.15) is 5.41 Å². The normalized spacial score (nSPS) is 13.5. The maximum Gasteiger partial charge on any atom is 0.317 e. The van der Waals surface area contributed by atoms with Gasteiger partial charge in [0.15, 0.2) is 0 Å². The second-order valence-electron chi connectivity index (χ2n) is 4.64. The molecule has 0 spiro atoms. The number of nitrogens with zero attached hydrogens (tertiary/aromatic N) is 1. The molecule has 1 unspecified atom stereocenters. The van der Waals surface area contributed by atoms with Gasteiger partial charge in [-0.25, -0.2) is 0 Å². The summed E-state index contributed by atoms with van der Waals surface area (Å²) in [6.45, 7) is 0.167. The van der Waals surface area contributed by atoms with E-state index in [9.17, 15) is 4.79 Å². The minimum absolute atomic E-state index is 0.167. The number of methoxy groups -OCH3 is 1. The Labute approximate surface area is 118 Å². The lowest BCUT2D eigenvalue weighted by Crippen LogP contribution is -2.46. The summed E-state index contributed by atoms with van der Waals surface area (Å²) in [6.07, 6.45) is 2.12. The van der Waals surface area contributed by atoms with Crippen LogP contribution in [0.2, 0.25) is 0 Å². The molecule has 0 saturated heterocycles. The summed E-state index contributed by atoms with van der Waals surface area (Å²) in [5, 5.41) is 0. The summed E-state index contributed by atoms with van der Waals surface area (Å²) in [7, 11) is 1.38. The Bertz CT molecular complexity index is 557. The molecule has 2 rings (SSSR count). The number of nitrogens with two attached hydrogens (primary N) is 1. The van der Waals surface area contributed by atoms with Gasteiger partial charge in [-0.2, -0.15) is 0 Å². The van der Waals surface area contributed by atoms with Crippen molar-refractivity contribution in [3.8, 4) is 0 Å². The number of hydrogen-bond acceptors (Lipinski definition) is 4. The van der Waals surface area contributed by atoms with Crippen LogP contribution in [0.3, 0.4) is 0 Å². The highest BCUT2D eigenvalue weighted by atomic mass is 16.5. The van der Waals surface area contributed by atoms with Gasteiger partial charge >= 0.3 is 5.97 Å². The van der Waals surface area contributed by atoms with Gasteiger partial charge in [0.25, 0.3) is 0 Å². The molecular formula is C16H18N2O2. The first-order valence-electron chi connectivity index (χ1n) is 6.47. The number of esters is 1. The molecule has 2 N–H and O–H groups in total. The lowest BCUT2D eigenvalue weighted by Gasteiger charge is -2.29. The summed E-state index contributed by atoms with van der Waals surface area (Å²) in [5.41, 5.74) is 6.70. The summed E-state index contributed by atoms with van der Waals surface area (Å²) >= 11 is 0. The topological polar surface area (TPSA) is 65.2 Å². The van der Waals surface area contributed by atoms with E-state index in [1.54, 1.807) is 6.20 Å². The van der Waals surface area contributed by atoms with Crippen LogP contribution in [0, 0.1) is 0 Å². The van der Waals surface area contributed by atoms with Gasteiger partial charge in [0, 0.05) is 24.9 Å². The summed E-state index contributed by atoms with van der Waals surface area (Å²) in [6, 6.07) is 15.1. The lowest BCUT2D eigenvalue weighted by atomic mass is 9.76. The van der Waals surface area contributed by atoms with Crippen molar-refractivity contribution in [2.75, 3.05) is 13.7 Å². The van der Waals surface area contributed by atoms with Crippen molar-refractivity contribution >= 4 is 5.97 Å². The minimum atomic E-state index is -0.898. The highest BCUT2D eigenvalue weighted by Crippen LogP contribution is 2.28. The third-order valence-corrected chi connectivity index (χ3v) is 3.46. The first-order chi connectivity index (χ1) is 9.73. The molecule has 0 bridgehead atoms. The number of carbonyl (C=O) groups is 1. The molecule has 0 aliphatic rings. The number of aromatic nitrogens is 1. The van der Waals surface area contributed by atoms with Gasteiger partial charge < -0.3 is 10.5 Å². The zero-order valence-corrected chi connectivity index (χ0v) is 11.5. The van der Waals surface area contributed by atoms with E-state index in [1.807, 2.05) is 48.5 Å². The van der Waals surface area contributed by atoms with E-state index in [0.717, 1.165) is 11.3 Å². The molecule has 104 valence electrons. The fraction of sp³-hybridized carbons (Fsp3) is 0.250. The number of pyridine rings is 1. The maximum atomic E-state index is 12.3. The number of ether oxygens (including phenoxy) is 1. The molecule has 1 atom stereocenters. The average Bonchev–Trinajstić information content (AvgIpc) is 2.53. The van der Waals surface area contributed by atoms with E-state index in [4.69, 9.17) is 10.5 Å². The van der Waals surface area contributed by atoms with Crippen molar-refractivity contribution < 1.29 is 9.53 Å². The first-order valence-corrected chi connectivity index (χ1v) is 6.47. The zero-order chi connectivity index (χ0) is 14.4. The van der Waals surface area contributed by atoms with Crippen molar-refractivity contribution in [2.24, 2.45) is 5.73 Å². The second-order valence-corrected chi connectivity index (χ2v) is 4.64. The molecule has 2 aromatic rings. The number of carbonyl (C=O) groups excluding carboxylic acids is 1. The molecule has 0 amide bonds. The monoisotopic (exact) mass is 270 g/mol. The Balaban J connectivity index is 2.46. The molecule has 4 nitrogen and oxygen atoms in total. The zero-order valence-electron chi connectivity index (χ0n) is 11.5. The smallest absolute Gasteiger partial charge is 0.317 e. The van der Waals surface area contributed by atoms with Gasteiger partial charge in [-0.15, -0.1) is 0 Å².